The van der Waals surface area contributed by atoms with Crippen LogP contribution in [0.1, 0.15) is 15.9 Å². The molecule has 0 saturated carbocycles. The lowest BCUT2D eigenvalue weighted by molar-refractivity contribution is 0.0699. The number of hydrogen-bond acceptors (Lipinski definition) is 1. The summed E-state index contributed by atoms with van der Waals surface area (Å²) in [6, 6.07) is 10.3. The summed E-state index contributed by atoms with van der Waals surface area (Å²) in [5, 5.41) is 9.82. The molecule has 1 aromatic heterocycles. The minimum Gasteiger partial charge on any atom is -0.478 e. The second-order valence-electron chi connectivity index (χ2n) is 4.77. The number of fused-ring (bicyclic) bond motifs is 1. The van der Waals surface area contributed by atoms with Crippen LogP contribution in [0.25, 0.3) is 10.9 Å². The zero-order chi connectivity index (χ0) is 15.0. The molecule has 0 spiro atoms. The Bertz CT molecular complexity index is 819. The molecular weight excluding hydrogens is 276 g/mol. The Hall–Kier alpha value is -2.69. The first-order valence-electron chi connectivity index (χ1n) is 6.31. The quantitative estimate of drug-likeness (QED) is 0.798. The fraction of sp³-hybridized carbons (Fsp3) is 0.0625. The minimum atomic E-state index is -1.03. The maximum absolute atomic E-state index is 13.2. The van der Waals surface area contributed by atoms with Gasteiger partial charge < -0.3 is 9.67 Å². The Labute approximate surface area is 119 Å². The molecule has 3 rings (SSSR count). The topological polar surface area (TPSA) is 42.2 Å². The van der Waals surface area contributed by atoms with Gasteiger partial charge in [0.05, 0.1) is 5.56 Å². The zero-order valence-electron chi connectivity index (χ0n) is 10.9. The number of aromatic nitrogens is 1. The van der Waals surface area contributed by atoms with Gasteiger partial charge in [-0.25, -0.2) is 13.6 Å². The lowest BCUT2D eigenvalue weighted by Gasteiger charge is -2.06. The monoisotopic (exact) mass is 287 g/mol. The van der Waals surface area contributed by atoms with Crippen LogP contribution in [-0.2, 0) is 6.54 Å². The average Bonchev–Trinajstić information content (AvgIpc) is 2.77. The van der Waals surface area contributed by atoms with Gasteiger partial charge in [-0.2, -0.15) is 0 Å². The van der Waals surface area contributed by atoms with Crippen molar-refractivity contribution in [1.29, 1.82) is 0 Å². The summed E-state index contributed by atoms with van der Waals surface area (Å²) >= 11 is 0. The predicted molar refractivity (Wildman–Crippen MR) is 74.4 cm³/mol. The van der Waals surface area contributed by atoms with Gasteiger partial charge in [0, 0.05) is 29.7 Å². The van der Waals surface area contributed by atoms with Crippen LogP contribution < -0.4 is 0 Å². The first-order valence-corrected chi connectivity index (χ1v) is 6.31. The molecule has 21 heavy (non-hydrogen) atoms. The lowest BCUT2D eigenvalue weighted by Crippen LogP contribution is -2.00. The summed E-state index contributed by atoms with van der Waals surface area (Å²) in [6.07, 6.45) is 1.48. The van der Waals surface area contributed by atoms with E-state index in [2.05, 4.69) is 0 Å². The molecule has 0 atom stereocenters. The smallest absolute Gasteiger partial charge is 0.337 e. The lowest BCUT2D eigenvalue weighted by atomic mass is 10.2. The minimum absolute atomic E-state index is 0.169. The van der Waals surface area contributed by atoms with Crippen molar-refractivity contribution < 1.29 is 18.7 Å². The molecule has 2 aromatic carbocycles. The van der Waals surface area contributed by atoms with Crippen LogP contribution in [0.5, 0.6) is 0 Å². The van der Waals surface area contributed by atoms with Crippen LogP contribution in [0.15, 0.2) is 48.7 Å². The molecule has 106 valence electrons. The van der Waals surface area contributed by atoms with Crippen molar-refractivity contribution in [3.05, 3.63) is 71.4 Å². The van der Waals surface area contributed by atoms with Gasteiger partial charge in [0.1, 0.15) is 11.6 Å². The molecule has 5 heteroatoms. The molecule has 0 amide bonds. The van der Waals surface area contributed by atoms with Crippen LogP contribution in [0.4, 0.5) is 8.78 Å². The van der Waals surface area contributed by atoms with Crippen molar-refractivity contribution in [2.45, 2.75) is 6.54 Å². The molecule has 1 heterocycles. The van der Waals surface area contributed by atoms with Crippen molar-refractivity contribution >= 4 is 16.9 Å². The normalized spacial score (nSPS) is 11.0. The van der Waals surface area contributed by atoms with Gasteiger partial charge in [0.15, 0.2) is 0 Å². The highest BCUT2D eigenvalue weighted by Gasteiger charge is 2.14. The predicted octanol–water partition coefficient (Wildman–Crippen LogP) is 3.67. The van der Waals surface area contributed by atoms with E-state index >= 15 is 0 Å². The maximum atomic E-state index is 13.2. The van der Waals surface area contributed by atoms with E-state index in [0.717, 1.165) is 6.07 Å². The summed E-state index contributed by atoms with van der Waals surface area (Å²) in [6.45, 7) is 0.197. The molecule has 3 nitrogen and oxygen atoms in total. The molecule has 1 N–H and O–H groups in total. The van der Waals surface area contributed by atoms with E-state index < -0.39 is 17.6 Å². The molecule has 0 radical (unpaired) electrons. The molecular formula is C16H11F2NO2. The highest BCUT2D eigenvalue weighted by Crippen LogP contribution is 2.22. The first-order chi connectivity index (χ1) is 10.0. The van der Waals surface area contributed by atoms with Crippen LogP contribution in [-0.4, -0.2) is 15.6 Å². The zero-order valence-corrected chi connectivity index (χ0v) is 10.9. The van der Waals surface area contributed by atoms with Crippen LogP contribution in [0.3, 0.4) is 0 Å². The number of benzene rings is 2. The number of aromatic carboxylic acids is 1. The third-order valence-corrected chi connectivity index (χ3v) is 3.29. The van der Waals surface area contributed by atoms with Crippen molar-refractivity contribution in [3.8, 4) is 0 Å². The third-order valence-electron chi connectivity index (χ3n) is 3.29. The molecule has 0 aliphatic rings. The first kappa shape index (κ1) is 13.3. The van der Waals surface area contributed by atoms with Crippen LogP contribution in [0, 0.1) is 11.6 Å². The molecule has 0 unspecified atom stereocenters. The molecule has 3 aromatic rings. The summed E-state index contributed by atoms with van der Waals surface area (Å²) in [5.74, 6) is -2.34. The summed E-state index contributed by atoms with van der Waals surface area (Å²) in [7, 11) is 0. The van der Waals surface area contributed by atoms with Gasteiger partial charge in [0.25, 0.3) is 0 Å². The number of carbonyl (C=O) groups is 1. The molecule has 0 bridgehead atoms. The number of hydrogen-bond donors (Lipinski definition) is 1. The highest BCUT2D eigenvalue weighted by atomic mass is 19.1. The van der Waals surface area contributed by atoms with Gasteiger partial charge in [-0.05, 0) is 23.8 Å². The standard InChI is InChI=1S/C16H11F2NO2/c17-11-5-10(6-12(18)7-11)8-19-9-14(16(20)21)13-3-1-2-4-15(13)19/h1-7,9H,8H2,(H,20,21). The van der Waals surface area contributed by atoms with Gasteiger partial charge >= 0.3 is 5.97 Å². The Balaban J connectivity index is 2.10. The number of rotatable bonds is 3. The van der Waals surface area contributed by atoms with E-state index in [0.29, 0.717) is 16.5 Å². The van der Waals surface area contributed by atoms with Crippen molar-refractivity contribution in [1.82, 2.24) is 4.57 Å². The second-order valence-corrected chi connectivity index (χ2v) is 4.77. The van der Waals surface area contributed by atoms with Crippen molar-refractivity contribution in [2.24, 2.45) is 0 Å². The third kappa shape index (κ3) is 2.50. The van der Waals surface area contributed by atoms with E-state index in [1.807, 2.05) is 0 Å². The second kappa shape index (κ2) is 5.01. The number of carboxylic acid groups (broad SMARTS) is 1. The molecule has 0 aliphatic carbocycles. The Morgan fingerprint density at radius 1 is 1.10 bits per heavy atom. The molecule has 0 aliphatic heterocycles. The largest absolute Gasteiger partial charge is 0.478 e. The fourth-order valence-corrected chi connectivity index (χ4v) is 2.45. The van der Waals surface area contributed by atoms with E-state index in [1.54, 1.807) is 28.8 Å². The number of halogens is 2. The van der Waals surface area contributed by atoms with E-state index in [-0.39, 0.29) is 12.1 Å². The van der Waals surface area contributed by atoms with Gasteiger partial charge in [-0.3, -0.25) is 0 Å². The number of carboxylic acids is 1. The SMILES string of the molecule is O=C(O)c1cn(Cc2cc(F)cc(F)c2)c2ccccc12. The van der Waals surface area contributed by atoms with Crippen molar-refractivity contribution in [2.75, 3.05) is 0 Å². The van der Waals surface area contributed by atoms with Crippen LogP contribution in [0.2, 0.25) is 0 Å². The molecule has 0 fully saturated rings. The Morgan fingerprint density at radius 2 is 1.76 bits per heavy atom. The highest BCUT2D eigenvalue weighted by molar-refractivity contribution is 6.03. The summed E-state index contributed by atoms with van der Waals surface area (Å²) in [4.78, 5) is 11.3. The van der Waals surface area contributed by atoms with Gasteiger partial charge in [-0.15, -0.1) is 0 Å². The fourth-order valence-electron chi connectivity index (χ4n) is 2.45. The van der Waals surface area contributed by atoms with E-state index in [4.69, 9.17) is 0 Å². The number of para-hydroxylation sites is 1. The Kier molecular flexibility index (Phi) is 3.17. The van der Waals surface area contributed by atoms with Crippen molar-refractivity contribution in [3.63, 3.8) is 0 Å². The maximum Gasteiger partial charge on any atom is 0.337 e. The number of nitrogens with zero attached hydrogens (tertiary/aromatic N) is 1. The summed E-state index contributed by atoms with van der Waals surface area (Å²) < 4.78 is 28.1. The van der Waals surface area contributed by atoms with E-state index in [9.17, 15) is 18.7 Å². The van der Waals surface area contributed by atoms with Gasteiger partial charge in [-0.1, -0.05) is 18.2 Å². The van der Waals surface area contributed by atoms with Gasteiger partial charge in [0.2, 0.25) is 0 Å². The van der Waals surface area contributed by atoms with Crippen LogP contribution >= 0.6 is 0 Å². The van der Waals surface area contributed by atoms with E-state index in [1.165, 1.54) is 18.3 Å². The Morgan fingerprint density at radius 3 is 2.43 bits per heavy atom. The summed E-state index contributed by atoms with van der Waals surface area (Å²) in [5.41, 5.74) is 1.31. The average molecular weight is 287 g/mol. The molecule has 0 saturated heterocycles.